The van der Waals surface area contributed by atoms with Crippen LogP contribution < -0.4 is 15.4 Å². The summed E-state index contributed by atoms with van der Waals surface area (Å²) in [5, 5.41) is 6.43. The molecular formula is C32H32Cl2N4O6S. The van der Waals surface area contributed by atoms with Crippen LogP contribution >= 0.6 is 23.2 Å². The number of benzene rings is 2. The fourth-order valence-corrected chi connectivity index (χ4v) is 6.93. The summed E-state index contributed by atoms with van der Waals surface area (Å²) in [5.41, 5.74) is 0.809. The minimum Gasteiger partial charge on any atom is -0.496 e. The summed E-state index contributed by atoms with van der Waals surface area (Å²) in [6, 6.07) is 11.7. The highest BCUT2D eigenvalue weighted by molar-refractivity contribution is 7.91. The number of anilines is 1. The number of hydrogen-bond donors (Lipinski definition) is 3. The Bertz CT molecular complexity index is 1780. The Morgan fingerprint density at radius 2 is 1.82 bits per heavy atom. The quantitative estimate of drug-likeness (QED) is 0.157. The lowest BCUT2D eigenvalue weighted by atomic mass is 9.67. The molecule has 3 aromatic rings. The Labute approximate surface area is 271 Å². The molecule has 0 bridgehead atoms. The monoisotopic (exact) mass is 670 g/mol. The summed E-state index contributed by atoms with van der Waals surface area (Å²) in [7, 11) is -2.17. The predicted molar refractivity (Wildman–Crippen MR) is 172 cm³/mol. The van der Waals surface area contributed by atoms with Gasteiger partial charge in [-0.15, -0.1) is 0 Å². The third kappa shape index (κ3) is 7.27. The maximum absolute atomic E-state index is 14.4. The Morgan fingerprint density at radius 3 is 2.53 bits per heavy atom. The number of allylic oxidation sites excluding steroid dienone is 4. The van der Waals surface area contributed by atoms with E-state index in [1.807, 2.05) is 0 Å². The van der Waals surface area contributed by atoms with Crippen molar-refractivity contribution in [2.45, 2.75) is 37.3 Å². The second kappa shape index (κ2) is 13.9. The number of aromatic amines is 1. The average Bonchev–Trinajstić information content (AvgIpc) is 3.53. The molecule has 1 aliphatic carbocycles. The molecule has 0 saturated heterocycles. The number of carbonyl (C=O) groups excluding carboxylic acids is 2. The molecule has 1 aromatic heterocycles. The summed E-state index contributed by atoms with van der Waals surface area (Å²) < 4.78 is 36.3. The van der Waals surface area contributed by atoms with Crippen LogP contribution in [0.15, 0.2) is 94.9 Å². The van der Waals surface area contributed by atoms with E-state index in [2.05, 4.69) is 20.6 Å². The predicted octanol–water partition coefficient (Wildman–Crippen LogP) is 6.40. The van der Waals surface area contributed by atoms with Gasteiger partial charge in [-0.3, -0.25) is 9.59 Å². The first-order valence-electron chi connectivity index (χ1n) is 14.3. The van der Waals surface area contributed by atoms with Gasteiger partial charge in [-0.25, -0.2) is 13.4 Å². The lowest BCUT2D eigenvalue weighted by Gasteiger charge is -2.38. The smallest absolute Gasteiger partial charge is 0.257 e. The second-order valence-corrected chi connectivity index (χ2v) is 13.5. The molecule has 0 radical (unpaired) electrons. The molecule has 1 aliphatic heterocycles. The van der Waals surface area contributed by atoms with Crippen LogP contribution in [0.1, 0.15) is 52.8 Å². The van der Waals surface area contributed by atoms with Gasteiger partial charge in [0.15, 0.2) is 5.78 Å². The lowest BCUT2D eigenvalue weighted by Crippen LogP contribution is -2.40. The number of hydrogen-bond acceptors (Lipinski definition) is 8. The highest BCUT2D eigenvalue weighted by Crippen LogP contribution is 2.46. The van der Waals surface area contributed by atoms with E-state index in [1.165, 1.54) is 19.5 Å². The topological polar surface area (TPSA) is 139 Å². The number of sulfone groups is 1. The number of ether oxygens (including phenoxy) is 2. The van der Waals surface area contributed by atoms with Gasteiger partial charge in [-0.1, -0.05) is 54.6 Å². The lowest BCUT2D eigenvalue weighted by molar-refractivity contribution is 0.0768. The van der Waals surface area contributed by atoms with E-state index in [0.717, 1.165) is 19.3 Å². The van der Waals surface area contributed by atoms with Gasteiger partial charge in [0.25, 0.3) is 5.91 Å². The molecule has 0 spiro atoms. The molecule has 2 aromatic carbocycles. The molecule has 0 unspecified atom stereocenters. The van der Waals surface area contributed by atoms with Crippen molar-refractivity contribution in [2.75, 3.05) is 24.8 Å². The molecule has 2 aliphatic rings. The number of nitrogens with one attached hydrogen (secondary N) is 3. The molecule has 1 amide bonds. The number of H-pyrrole nitrogens is 1. The molecular weight excluding hydrogens is 639 g/mol. The SMILES string of the molecule is COc1cc(NC(=O)c2ccccc2Cl)ccc1C(=O)C1(C2=CC=C(OCCS(=O)(=O)c3ncc[nH]3)C=C(Cl)N2)CCCCC1. The van der Waals surface area contributed by atoms with Gasteiger partial charge in [-0.2, -0.15) is 0 Å². The Kier molecular flexibility index (Phi) is 10.0. The van der Waals surface area contributed by atoms with E-state index < -0.39 is 15.3 Å². The number of amides is 1. The van der Waals surface area contributed by atoms with Crippen LogP contribution in [0.25, 0.3) is 0 Å². The summed E-state index contributed by atoms with van der Waals surface area (Å²) in [5.74, 6) is -0.164. The van der Waals surface area contributed by atoms with Gasteiger partial charge in [-0.05, 0) is 49.3 Å². The zero-order valence-electron chi connectivity index (χ0n) is 24.4. The molecule has 5 rings (SSSR count). The van der Waals surface area contributed by atoms with Gasteiger partial charge < -0.3 is 25.1 Å². The van der Waals surface area contributed by atoms with Crippen LogP contribution in [-0.2, 0) is 14.6 Å². The number of nitrogens with zero attached hydrogens (tertiary/aromatic N) is 1. The summed E-state index contributed by atoms with van der Waals surface area (Å²) in [6.07, 6.45) is 11.6. The molecule has 2 heterocycles. The second-order valence-electron chi connectivity index (χ2n) is 10.6. The average molecular weight is 672 g/mol. The van der Waals surface area contributed by atoms with E-state index in [0.29, 0.717) is 51.9 Å². The van der Waals surface area contributed by atoms with Crippen molar-refractivity contribution in [3.8, 4) is 5.75 Å². The van der Waals surface area contributed by atoms with Crippen LogP contribution in [-0.4, -0.2) is 49.5 Å². The largest absolute Gasteiger partial charge is 0.496 e. The number of ketones is 1. The van der Waals surface area contributed by atoms with Gasteiger partial charge in [0.1, 0.15) is 23.3 Å². The standard InChI is InChI=1S/C32H32Cl2N4O6S/c1-43-26-19-21(37-30(40)23-7-3-4-8-25(23)33)9-11-24(26)29(39)32(13-5-2-6-14-32)27-12-10-22(20-28(34)38-27)44-17-18-45(41,42)31-35-15-16-36-31/h3-4,7-12,15-16,19-20,38H,2,5-6,13-14,17-18H2,1H3,(H,35,36)(H,37,40). The van der Waals surface area contributed by atoms with E-state index in [1.54, 1.807) is 60.7 Å². The van der Waals surface area contributed by atoms with Crippen LogP contribution in [0.2, 0.25) is 5.02 Å². The first kappa shape index (κ1) is 32.3. The van der Waals surface area contributed by atoms with Crippen molar-refractivity contribution in [1.82, 2.24) is 15.3 Å². The van der Waals surface area contributed by atoms with Gasteiger partial charge >= 0.3 is 0 Å². The van der Waals surface area contributed by atoms with Crippen LogP contribution in [0, 0.1) is 5.41 Å². The molecule has 3 N–H and O–H groups in total. The summed E-state index contributed by atoms with van der Waals surface area (Å²) in [4.78, 5) is 33.7. The highest BCUT2D eigenvalue weighted by atomic mass is 35.5. The van der Waals surface area contributed by atoms with E-state index in [4.69, 9.17) is 32.7 Å². The van der Waals surface area contributed by atoms with Crippen molar-refractivity contribution in [1.29, 1.82) is 0 Å². The van der Waals surface area contributed by atoms with Gasteiger partial charge in [0, 0.05) is 35.9 Å². The van der Waals surface area contributed by atoms with E-state index >= 15 is 0 Å². The fourth-order valence-electron chi connectivity index (χ4n) is 5.53. The Hall–Kier alpha value is -4.06. The van der Waals surface area contributed by atoms with E-state index in [-0.39, 0.29) is 34.4 Å². The Morgan fingerprint density at radius 1 is 1.04 bits per heavy atom. The molecule has 236 valence electrons. The molecule has 0 atom stereocenters. The van der Waals surface area contributed by atoms with Gasteiger partial charge in [0.05, 0.1) is 34.4 Å². The fraction of sp³-hybridized carbons (Fsp3) is 0.281. The molecule has 1 saturated carbocycles. The first-order chi connectivity index (χ1) is 21.6. The number of rotatable bonds is 11. The molecule has 13 heteroatoms. The summed E-state index contributed by atoms with van der Waals surface area (Å²) in [6.45, 7) is -0.126. The van der Waals surface area contributed by atoms with E-state index in [9.17, 15) is 18.0 Å². The number of Topliss-reactive ketones (excluding diaryl/α,β-unsaturated/α-hetero) is 1. The summed E-state index contributed by atoms with van der Waals surface area (Å²) >= 11 is 12.7. The molecule has 45 heavy (non-hydrogen) atoms. The maximum Gasteiger partial charge on any atom is 0.257 e. The minimum atomic E-state index is -3.64. The number of imidazole rings is 1. The van der Waals surface area contributed by atoms with Crippen molar-refractivity contribution >= 4 is 50.4 Å². The van der Waals surface area contributed by atoms with Crippen LogP contribution in [0.3, 0.4) is 0 Å². The van der Waals surface area contributed by atoms with Crippen molar-refractivity contribution in [2.24, 2.45) is 5.41 Å². The zero-order chi connectivity index (χ0) is 32.0. The first-order valence-corrected chi connectivity index (χ1v) is 16.7. The number of halogens is 2. The number of methoxy groups -OCH3 is 1. The van der Waals surface area contributed by atoms with Crippen LogP contribution in [0.5, 0.6) is 5.75 Å². The zero-order valence-corrected chi connectivity index (χ0v) is 26.8. The van der Waals surface area contributed by atoms with Gasteiger partial charge in [0.2, 0.25) is 15.0 Å². The maximum atomic E-state index is 14.4. The number of carbonyl (C=O) groups is 2. The number of aromatic nitrogens is 2. The molecule has 10 nitrogen and oxygen atoms in total. The molecule has 1 fully saturated rings. The Balaban J connectivity index is 1.38. The normalized spacial score (nSPS) is 16.3. The van der Waals surface area contributed by atoms with Crippen molar-refractivity contribution < 1.29 is 27.5 Å². The third-order valence-corrected chi connectivity index (χ3v) is 9.86. The highest BCUT2D eigenvalue weighted by Gasteiger charge is 2.44. The van der Waals surface area contributed by atoms with Crippen molar-refractivity contribution in [3.05, 3.63) is 106 Å². The van der Waals surface area contributed by atoms with Crippen molar-refractivity contribution in [3.63, 3.8) is 0 Å². The minimum absolute atomic E-state index is 0.123. The van der Waals surface area contributed by atoms with Crippen LogP contribution in [0.4, 0.5) is 5.69 Å². The third-order valence-electron chi connectivity index (χ3n) is 7.81.